The van der Waals surface area contributed by atoms with E-state index >= 15 is 0 Å². The Labute approximate surface area is 167 Å². The molecule has 1 aromatic carbocycles. The molecule has 0 aromatic heterocycles. The van der Waals surface area contributed by atoms with E-state index in [-0.39, 0.29) is 11.8 Å². The van der Waals surface area contributed by atoms with Crippen molar-refractivity contribution in [3.05, 3.63) is 66.3 Å². The van der Waals surface area contributed by atoms with Crippen LogP contribution in [0.2, 0.25) is 0 Å². The minimum atomic E-state index is -0.678. The van der Waals surface area contributed by atoms with Gasteiger partial charge in [0.25, 0.3) is 0 Å². The number of hydrogen-bond acceptors (Lipinski definition) is 4. The van der Waals surface area contributed by atoms with Gasteiger partial charge in [0.2, 0.25) is 5.91 Å². The van der Waals surface area contributed by atoms with Gasteiger partial charge in [-0.05, 0) is 24.0 Å². The smallest absolute Gasteiger partial charge is 0.331 e. The van der Waals surface area contributed by atoms with Crippen molar-refractivity contribution in [2.24, 2.45) is 17.6 Å². The van der Waals surface area contributed by atoms with Gasteiger partial charge in [0, 0.05) is 18.1 Å². The molecule has 152 valence electrons. The summed E-state index contributed by atoms with van der Waals surface area (Å²) in [4.78, 5) is 22.9. The summed E-state index contributed by atoms with van der Waals surface area (Å²) in [6.07, 6.45) is 9.45. The molecule has 5 nitrogen and oxygen atoms in total. The third-order valence-corrected chi connectivity index (χ3v) is 4.68. The first-order valence-corrected chi connectivity index (χ1v) is 9.59. The average Bonchev–Trinajstić information content (AvgIpc) is 2.69. The van der Waals surface area contributed by atoms with Crippen LogP contribution in [0.25, 0.3) is 6.08 Å². The van der Waals surface area contributed by atoms with E-state index in [1.165, 1.54) is 18.2 Å². The number of aliphatic hydroxyl groups is 1. The number of primary amides is 1. The number of benzene rings is 1. The number of esters is 1. The summed E-state index contributed by atoms with van der Waals surface area (Å²) in [5.41, 5.74) is 5.93. The van der Waals surface area contributed by atoms with Crippen LogP contribution in [0.4, 0.5) is 0 Å². The number of carbonyl (C=O) groups excluding carboxylic acids is 2. The van der Waals surface area contributed by atoms with E-state index in [0.717, 1.165) is 12.0 Å². The molecule has 0 heterocycles. The van der Waals surface area contributed by atoms with E-state index in [2.05, 4.69) is 0 Å². The van der Waals surface area contributed by atoms with Crippen LogP contribution in [-0.4, -0.2) is 29.2 Å². The fraction of sp³-hybridized carbons (Fsp3) is 0.391. The predicted octanol–water partition coefficient (Wildman–Crippen LogP) is 3.64. The van der Waals surface area contributed by atoms with Crippen LogP contribution < -0.4 is 5.73 Å². The van der Waals surface area contributed by atoms with Crippen LogP contribution in [0.1, 0.15) is 39.2 Å². The number of amides is 1. The van der Waals surface area contributed by atoms with Crippen LogP contribution >= 0.6 is 0 Å². The normalized spacial score (nSPS) is 16.3. The van der Waals surface area contributed by atoms with Crippen molar-refractivity contribution in [3.8, 4) is 0 Å². The number of allylic oxidation sites excluding steroid dienone is 2. The Morgan fingerprint density at radius 2 is 1.82 bits per heavy atom. The molecule has 0 fully saturated rings. The van der Waals surface area contributed by atoms with Gasteiger partial charge in [-0.1, -0.05) is 75.8 Å². The van der Waals surface area contributed by atoms with Crippen molar-refractivity contribution in [1.82, 2.24) is 0 Å². The van der Waals surface area contributed by atoms with Crippen LogP contribution in [0, 0.1) is 11.8 Å². The molecule has 1 aromatic rings. The molecule has 3 N–H and O–H groups in total. The summed E-state index contributed by atoms with van der Waals surface area (Å²) in [5.74, 6) is -1.08. The third kappa shape index (κ3) is 8.82. The largest absolute Gasteiger partial charge is 0.459 e. The van der Waals surface area contributed by atoms with Gasteiger partial charge in [-0.2, -0.15) is 0 Å². The first-order valence-electron chi connectivity index (χ1n) is 9.59. The summed E-state index contributed by atoms with van der Waals surface area (Å²) < 4.78 is 5.68. The molecule has 1 amide bonds. The summed E-state index contributed by atoms with van der Waals surface area (Å²) >= 11 is 0. The molecular formula is C23H31NO4. The Balaban J connectivity index is 2.71. The number of ether oxygens (including phenoxy) is 1. The summed E-state index contributed by atoms with van der Waals surface area (Å²) in [7, 11) is 0. The number of hydrogen-bond donors (Lipinski definition) is 2. The standard InChI is InChI=1S/C23H31NO4/c1-4-17(2)23(18(3)20(25)13-9-6-10-14-21(24)26)28-22(27)16-15-19-11-7-5-8-12-19/h5-12,14-18,20,23,25H,4,13H2,1-3H3,(H2,24,26)/b9-6+,14-10?,16-15+/t17-,18-,20-,23+/m1/s1. The van der Waals surface area contributed by atoms with Gasteiger partial charge in [-0.15, -0.1) is 0 Å². The molecule has 0 saturated carbocycles. The van der Waals surface area contributed by atoms with Crippen LogP contribution in [0.5, 0.6) is 0 Å². The highest BCUT2D eigenvalue weighted by Gasteiger charge is 2.30. The zero-order chi connectivity index (χ0) is 20.9. The van der Waals surface area contributed by atoms with Gasteiger partial charge in [-0.3, -0.25) is 4.79 Å². The monoisotopic (exact) mass is 385 g/mol. The lowest BCUT2D eigenvalue weighted by molar-refractivity contribution is -0.151. The van der Waals surface area contributed by atoms with Crippen molar-refractivity contribution in [1.29, 1.82) is 0 Å². The molecule has 4 atom stereocenters. The van der Waals surface area contributed by atoms with E-state index in [1.807, 2.05) is 51.1 Å². The highest BCUT2D eigenvalue weighted by Crippen LogP contribution is 2.24. The van der Waals surface area contributed by atoms with E-state index in [1.54, 1.807) is 18.2 Å². The second-order valence-electron chi connectivity index (χ2n) is 6.88. The minimum Gasteiger partial charge on any atom is -0.459 e. The van der Waals surface area contributed by atoms with Crippen molar-refractivity contribution in [3.63, 3.8) is 0 Å². The van der Waals surface area contributed by atoms with E-state index < -0.39 is 24.1 Å². The lowest BCUT2D eigenvalue weighted by Gasteiger charge is -2.31. The maximum Gasteiger partial charge on any atom is 0.331 e. The highest BCUT2D eigenvalue weighted by atomic mass is 16.5. The Kier molecular flexibility index (Phi) is 10.6. The number of rotatable bonds is 11. The molecule has 1 rings (SSSR count). The molecular weight excluding hydrogens is 354 g/mol. The van der Waals surface area contributed by atoms with Crippen molar-refractivity contribution < 1.29 is 19.4 Å². The molecule has 0 radical (unpaired) electrons. The van der Waals surface area contributed by atoms with Gasteiger partial charge in [-0.25, -0.2) is 4.79 Å². The van der Waals surface area contributed by atoms with E-state index in [0.29, 0.717) is 6.42 Å². The zero-order valence-electron chi connectivity index (χ0n) is 16.8. The lowest BCUT2D eigenvalue weighted by atomic mass is 9.86. The number of nitrogens with two attached hydrogens (primary N) is 1. The van der Waals surface area contributed by atoms with Crippen molar-refractivity contribution >= 4 is 18.0 Å². The molecule has 0 spiro atoms. The Hall–Kier alpha value is -2.66. The second kappa shape index (κ2) is 12.7. The van der Waals surface area contributed by atoms with Gasteiger partial charge in [0.1, 0.15) is 6.10 Å². The lowest BCUT2D eigenvalue weighted by Crippen LogP contribution is -2.37. The fourth-order valence-electron chi connectivity index (χ4n) is 2.76. The maximum absolute atomic E-state index is 12.3. The molecule has 28 heavy (non-hydrogen) atoms. The van der Waals surface area contributed by atoms with Gasteiger partial charge >= 0.3 is 5.97 Å². The van der Waals surface area contributed by atoms with Gasteiger partial charge in [0.05, 0.1) is 6.10 Å². The van der Waals surface area contributed by atoms with Crippen LogP contribution in [-0.2, 0) is 14.3 Å². The van der Waals surface area contributed by atoms with Crippen LogP contribution in [0.3, 0.4) is 0 Å². The van der Waals surface area contributed by atoms with E-state index in [4.69, 9.17) is 10.5 Å². The van der Waals surface area contributed by atoms with Crippen molar-refractivity contribution in [2.45, 2.75) is 45.8 Å². The second-order valence-corrected chi connectivity index (χ2v) is 6.88. The summed E-state index contributed by atoms with van der Waals surface area (Å²) in [6.45, 7) is 5.91. The Morgan fingerprint density at radius 3 is 2.43 bits per heavy atom. The summed E-state index contributed by atoms with van der Waals surface area (Å²) in [6, 6.07) is 9.52. The zero-order valence-corrected chi connectivity index (χ0v) is 16.8. The summed E-state index contributed by atoms with van der Waals surface area (Å²) in [5, 5.41) is 10.5. The molecule has 0 aliphatic heterocycles. The first kappa shape index (κ1) is 23.4. The SMILES string of the molecule is CC[C@@H](C)[C@H](OC(=O)/C=C/c1ccccc1)[C@H](C)[C@H](O)C/C=C/C=CC(N)=O. The first-order chi connectivity index (χ1) is 13.3. The highest BCUT2D eigenvalue weighted by molar-refractivity contribution is 5.87. The van der Waals surface area contributed by atoms with E-state index in [9.17, 15) is 14.7 Å². The van der Waals surface area contributed by atoms with Gasteiger partial charge in [0.15, 0.2) is 0 Å². The predicted molar refractivity (Wildman–Crippen MR) is 112 cm³/mol. The third-order valence-electron chi connectivity index (χ3n) is 4.68. The topological polar surface area (TPSA) is 89.6 Å². The molecule has 5 heteroatoms. The Bertz CT molecular complexity index is 694. The van der Waals surface area contributed by atoms with Gasteiger partial charge < -0.3 is 15.6 Å². The molecule has 0 saturated heterocycles. The molecule has 0 aliphatic carbocycles. The minimum absolute atomic E-state index is 0.109. The number of aliphatic hydroxyl groups excluding tert-OH is 1. The van der Waals surface area contributed by atoms with Crippen molar-refractivity contribution in [2.75, 3.05) is 0 Å². The van der Waals surface area contributed by atoms with Crippen LogP contribution in [0.15, 0.2) is 60.7 Å². The average molecular weight is 386 g/mol. The Morgan fingerprint density at radius 1 is 1.14 bits per heavy atom. The molecule has 0 bridgehead atoms. The molecule has 0 unspecified atom stereocenters. The number of carbonyl (C=O) groups is 2. The maximum atomic E-state index is 12.3. The molecule has 0 aliphatic rings. The quantitative estimate of drug-likeness (QED) is 0.346. The fourth-order valence-corrected chi connectivity index (χ4v) is 2.76.